The Hall–Kier alpha value is -1.77. The van der Waals surface area contributed by atoms with Gasteiger partial charge in [0.15, 0.2) is 0 Å². The highest BCUT2D eigenvalue weighted by Crippen LogP contribution is 2.19. The highest BCUT2D eigenvalue weighted by Gasteiger charge is 2.02. The zero-order valence-electron chi connectivity index (χ0n) is 24.3. The molecule has 0 saturated heterocycles. The minimum absolute atomic E-state index is 0.289. The summed E-state index contributed by atoms with van der Waals surface area (Å²) in [5.41, 5.74) is 3.60. The molecule has 3 heteroatoms. The van der Waals surface area contributed by atoms with Crippen LogP contribution in [0, 0.1) is 12.8 Å². The van der Waals surface area contributed by atoms with Crippen LogP contribution in [0.25, 0.3) is 0 Å². The molecule has 33 heavy (non-hydrogen) atoms. The summed E-state index contributed by atoms with van der Waals surface area (Å²) in [7, 11) is 0. The second kappa shape index (κ2) is 30.2. The van der Waals surface area contributed by atoms with Gasteiger partial charge in [0, 0.05) is 18.6 Å². The Morgan fingerprint density at radius 3 is 1.48 bits per heavy atom. The number of hydrogen-bond acceptors (Lipinski definition) is 3. The maximum absolute atomic E-state index is 10.0. The molecule has 0 aliphatic carbocycles. The van der Waals surface area contributed by atoms with Crippen molar-refractivity contribution in [1.82, 2.24) is 0 Å². The molecule has 1 atom stereocenters. The Bertz CT molecular complexity index is 573. The van der Waals surface area contributed by atoms with Crippen molar-refractivity contribution in [3.63, 3.8) is 0 Å². The van der Waals surface area contributed by atoms with Crippen LogP contribution in [0.2, 0.25) is 0 Å². The van der Waals surface area contributed by atoms with Crippen molar-refractivity contribution in [2.45, 2.75) is 134 Å². The van der Waals surface area contributed by atoms with E-state index < -0.39 is 0 Å². The smallest absolute Gasteiger partial charge is 0.129 e. The second-order valence-corrected chi connectivity index (χ2v) is 8.26. The maximum Gasteiger partial charge on any atom is 0.129 e. The van der Waals surface area contributed by atoms with Gasteiger partial charge in [-0.1, -0.05) is 92.9 Å². The van der Waals surface area contributed by atoms with E-state index in [4.69, 9.17) is 0 Å². The van der Waals surface area contributed by atoms with Crippen LogP contribution in [0.3, 0.4) is 0 Å². The summed E-state index contributed by atoms with van der Waals surface area (Å²) in [6, 6.07) is 8.28. The first kappa shape index (κ1) is 38.5. The lowest BCUT2D eigenvalue weighted by Gasteiger charge is -2.08. The SMILES string of the molecule is CC.CCC(C)CC(C)=Nc1ccccc1C.CCCC.CCCC(C)=O.CCCC(C)=O. The second-order valence-electron chi connectivity index (χ2n) is 8.26. The van der Waals surface area contributed by atoms with Crippen molar-refractivity contribution in [2.75, 3.05) is 0 Å². The van der Waals surface area contributed by atoms with Crippen molar-refractivity contribution in [3.05, 3.63) is 29.8 Å². The summed E-state index contributed by atoms with van der Waals surface area (Å²) in [5.74, 6) is 1.31. The van der Waals surface area contributed by atoms with Gasteiger partial charge in [0.1, 0.15) is 11.6 Å². The van der Waals surface area contributed by atoms with Gasteiger partial charge in [-0.3, -0.25) is 4.99 Å². The van der Waals surface area contributed by atoms with Gasteiger partial charge in [-0.25, -0.2) is 0 Å². The third-order valence-corrected chi connectivity index (χ3v) is 4.47. The molecule has 0 aliphatic rings. The van der Waals surface area contributed by atoms with Crippen LogP contribution in [-0.2, 0) is 9.59 Å². The van der Waals surface area contributed by atoms with Crippen LogP contribution in [0.5, 0.6) is 0 Å². The van der Waals surface area contributed by atoms with E-state index in [1.165, 1.54) is 30.5 Å². The van der Waals surface area contributed by atoms with Gasteiger partial charge in [-0.15, -0.1) is 0 Å². The number of benzene rings is 1. The lowest BCUT2D eigenvalue weighted by Crippen LogP contribution is -2.00. The van der Waals surface area contributed by atoms with E-state index in [2.05, 4.69) is 64.7 Å². The molecule has 0 aliphatic heterocycles. The molecular formula is C30H57NO2. The van der Waals surface area contributed by atoms with Gasteiger partial charge in [-0.05, 0) is 64.5 Å². The summed E-state index contributed by atoms with van der Waals surface area (Å²) in [4.78, 5) is 24.8. The molecule has 0 heterocycles. The summed E-state index contributed by atoms with van der Waals surface area (Å²) >= 11 is 0. The van der Waals surface area contributed by atoms with E-state index in [-0.39, 0.29) is 11.6 Å². The van der Waals surface area contributed by atoms with Crippen LogP contribution >= 0.6 is 0 Å². The molecule has 0 saturated carbocycles. The molecule has 0 aromatic heterocycles. The molecule has 0 amide bonds. The fourth-order valence-corrected chi connectivity index (χ4v) is 2.29. The zero-order valence-corrected chi connectivity index (χ0v) is 24.3. The standard InChI is InChI=1S/C14H21N.2C5H10O.C4H10.C2H6/c1-5-11(2)10-13(4)15-14-9-7-6-8-12(14)3;2*1-3-4-5(2)6;1-3-4-2;1-2/h6-9,11H,5,10H2,1-4H3;2*3-4H2,1-2H3;3-4H2,1-2H3;1-2H3. The quantitative estimate of drug-likeness (QED) is 0.342. The Kier molecular flexibility index (Phi) is 35.3. The maximum atomic E-state index is 10.0. The van der Waals surface area contributed by atoms with Gasteiger partial charge in [0.2, 0.25) is 0 Å². The fourth-order valence-electron chi connectivity index (χ4n) is 2.29. The number of aryl methyl sites for hydroxylation is 1. The monoisotopic (exact) mass is 463 g/mol. The number of carbonyl (C=O) groups is 2. The van der Waals surface area contributed by atoms with Gasteiger partial charge < -0.3 is 9.59 Å². The summed E-state index contributed by atoms with van der Waals surface area (Å²) in [6.07, 6.45) is 8.40. The van der Waals surface area contributed by atoms with Gasteiger partial charge >= 0.3 is 0 Å². The van der Waals surface area contributed by atoms with Gasteiger partial charge in [-0.2, -0.15) is 0 Å². The van der Waals surface area contributed by atoms with Crippen LogP contribution in [0.1, 0.15) is 133 Å². The molecule has 0 bridgehead atoms. The number of Topliss-reactive ketones (excluding diaryl/α,β-unsaturated/α-hetero) is 2. The molecule has 3 nitrogen and oxygen atoms in total. The molecule has 1 unspecified atom stereocenters. The highest BCUT2D eigenvalue weighted by molar-refractivity contribution is 5.85. The van der Waals surface area contributed by atoms with E-state index in [0.717, 1.165) is 43.7 Å². The van der Waals surface area contributed by atoms with Crippen LogP contribution in [0.15, 0.2) is 29.3 Å². The third kappa shape index (κ3) is 35.0. The topological polar surface area (TPSA) is 46.5 Å². The third-order valence-electron chi connectivity index (χ3n) is 4.47. The van der Waals surface area contributed by atoms with Gasteiger partial charge in [0.25, 0.3) is 0 Å². The van der Waals surface area contributed by atoms with Crippen molar-refractivity contribution in [2.24, 2.45) is 10.9 Å². The summed E-state index contributed by atoms with van der Waals surface area (Å²) in [6.45, 7) is 24.3. The highest BCUT2D eigenvalue weighted by atomic mass is 16.1. The number of unbranched alkanes of at least 4 members (excludes halogenated alkanes) is 1. The predicted molar refractivity (Wildman–Crippen MR) is 151 cm³/mol. The Labute approximate surface area is 207 Å². The first-order valence-electron chi connectivity index (χ1n) is 13.2. The summed E-state index contributed by atoms with van der Waals surface area (Å²) in [5, 5.41) is 0. The first-order chi connectivity index (χ1) is 15.6. The van der Waals surface area contributed by atoms with E-state index in [9.17, 15) is 9.59 Å². The molecule has 0 fully saturated rings. The lowest BCUT2D eigenvalue weighted by molar-refractivity contribution is -0.117. The average Bonchev–Trinajstić information content (AvgIpc) is 2.77. The minimum Gasteiger partial charge on any atom is -0.300 e. The van der Waals surface area contributed by atoms with Crippen LogP contribution < -0.4 is 0 Å². The molecular weight excluding hydrogens is 406 g/mol. The largest absolute Gasteiger partial charge is 0.300 e. The number of carbonyl (C=O) groups excluding carboxylic acids is 2. The van der Waals surface area contributed by atoms with E-state index >= 15 is 0 Å². The Balaban J connectivity index is -0.000000194. The molecule has 1 aromatic rings. The molecule has 1 rings (SSSR count). The minimum atomic E-state index is 0.289. The number of para-hydroxylation sites is 1. The molecule has 0 N–H and O–H groups in total. The fraction of sp³-hybridized carbons (Fsp3) is 0.700. The Morgan fingerprint density at radius 1 is 0.788 bits per heavy atom. The molecule has 0 radical (unpaired) electrons. The van der Waals surface area contributed by atoms with E-state index in [0.29, 0.717) is 0 Å². The zero-order chi connectivity index (χ0) is 26.7. The Morgan fingerprint density at radius 2 is 1.21 bits per heavy atom. The number of hydrogen-bond donors (Lipinski definition) is 0. The van der Waals surface area contributed by atoms with E-state index in [1.54, 1.807) is 13.8 Å². The van der Waals surface area contributed by atoms with Crippen molar-refractivity contribution >= 4 is 23.0 Å². The number of rotatable bonds is 9. The molecule has 0 spiro atoms. The van der Waals surface area contributed by atoms with Crippen LogP contribution in [0.4, 0.5) is 5.69 Å². The van der Waals surface area contributed by atoms with E-state index in [1.807, 2.05) is 33.8 Å². The molecule has 194 valence electrons. The lowest BCUT2D eigenvalue weighted by atomic mass is 10.0. The number of nitrogens with zero attached hydrogens (tertiary/aromatic N) is 1. The number of ketones is 2. The predicted octanol–water partition coefficient (Wildman–Crippen LogP) is 10.1. The van der Waals surface area contributed by atoms with Crippen molar-refractivity contribution in [1.29, 1.82) is 0 Å². The first-order valence-corrected chi connectivity index (χ1v) is 13.2. The summed E-state index contributed by atoms with van der Waals surface area (Å²) < 4.78 is 0. The molecule has 1 aromatic carbocycles. The van der Waals surface area contributed by atoms with Crippen molar-refractivity contribution in [3.8, 4) is 0 Å². The number of aliphatic imine (C=N–C) groups is 1. The normalized spacial score (nSPS) is 10.5. The van der Waals surface area contributed by atoms with Gasteiger partial charge in [0.05, 0.1) is 5.69 Å². The van der Waals surface area contributed by atoms with Crippen LogP contribution in [-0.4, -0.2) is 17.3 Å². The average molecular weight is 464 g/mol. The van der Waals surface area contributed by atoms with Crippen molar-refractivity contribution < 1.29 is 9.59 Å².